The van der Waals surface area contributed by atoms with Crippen molar-refractivity contribution in [2.45, 2.75) is 58.8 Å². The molecule has 0 aromatic rings. The Morgan fingerprint density at radius 1 is 1.50 bits per heavy atom. The van der Waals surface area contributed by atoms with Crippen molar-refractivity contribution in [3.8, 4) is 0 Å². The van der Waals surface area contributed by atoms with Crippen LogP contribution in [0.4, 0.5) is 0 Å². The number of carbonyl (C=O) groups is 1. The molecule has 4 nitrogen and oxygen atoms in total. The Hall–Kier alpha value is -1.03. The maximum absolute atomic E-state index is 11.8. The molecule has 2 aliphatic rings. The van der Waals surface area contributed by atoms with E-state index >= 15 is 0 Å². The van der Waals surface area contributed by atoms with E-state index in [9.17, 15) is 4.79 Å². The standard InChI is InChI=1S/C16H26O4/c1-10-6-7-16(19-9-10)12(3)8-11(2)14(20-16)13(4)15(17)18-5/h9,11-14H,6-8H2,1-5H3/t11-,12?,13+,14-,16-/m0/s1. The summed E-state index contributed by atoms with van der Waals surface area (Å²) in [6.45, 7) is 8.25. The van der Waals surface area contributed by atoms with E-state index in [1.807, 2.05) is 13.2 Å². The van der Waals surface area contributed by atoms with Crippen LogP contribution in [-0.2, 0) is 19.0 Å². The summed E-state index contributed by atoms with van der Waals surface area (Å²) in [5.74, 6) is -0.411. The summed E-state index contributed by atoms with van der Waals surface area (Å²) in [7, 11) is 1.42. The summed E-state index contributed by atoms with van der Waals surface area (Å²) in [5, 5.41) is 0. The fraction of sp³-hybridized carbons (Fsp3) is 0.812. The van der Waals surface area contributed by atoms with Crippen molar-refractivity contribution >= 4 is 5.97 Å². The molecule has 0 saturated carbocycles. The maximum atomic E-state index is 11.8. The van der Waals surface area contributed by atoms with Crippen molar-refractivity contribution in [3.63, 3.8) is 0 Å². The Kier molecular flexibility index (Phi) is 4.43. The number of hydrogen-bond acceptors (Lipinski definition) is 4. The van der Waals surface area contributed by atoms with Gasteiger partial charge in [0.15, 0.2) is 0 Å². The molecule has 114 valence electrons. The zero-order valence-corrected chi connectivity index (χ0v) is 13.1. The predicted molar refractivity (Wildman–Crippen MR) is 75.8 cm³/mol. The molecular formula is C16H26O4. The highest BCUT2D eigenvalue weighted by molar-refractivity contribution is 5.72. The number of hydrogen-bond donors (Lipinski definition) is 0. The third kappa shape index (κ3) is 2.71. The van der Waals surface area contributed by atoms with E-state index in [0.29, 0.717) is 11.8 Å². The molecule has 1 fully saturated rings. The predicted octanol–water partition coefficient (Wildman–Crippen LogP) is 3.27. The van der Waals surface area contributed by atoms with Crippen LogP contribution in [0.1, 0.15) is 47.0 Å². The molecule has 20 heavy (non-hydrogen) atoms. The number of ether oxygens (including phenoxy) is 3. The quantitative estimate of drug-likeness (QED) is 0.729. The first-order valence-electron chi connectivity index (χ1n) is 7.48. The monoisotopic (exact) mass is 282 g/mol. The molecule has 0 bridgehead atoms. The zero-order valence-electron chi connectivity index (χ0n) is 13.1. The van der Waals surface area contributed by atoms with E-state index in [-0.39, 0.29) is 18.0 Å². The fourth-order valence-corrected chi connectivity index (χ4v) is 3.39. The highest BCUT2D eigenvalue weighted by Crippen LogP contribution is 2.45. The lowest BCUT2D eigenvalue weighted by Crippen LogP contribution is -2.54. The van der Waals surface area contributed by atoms with Gasteiger partial charge in [0.1, 0.15) is 0 Å². The van der Waals surface area contributed by atoms with Crippen molar-refractivity contribution in [1.29, 1.82) is 0 Å². The number of methoxy groups -OCH3 is 1. The van der Waals surface area contributed by atoms with Crippen LogP contribution in [0.2, 0.25) is 0 Å². The molecule has 0 aromatic carbocycles. The van der Waals surface area contributed by atoms with Gasteiger partial charge in [0, 0.05) is 12.3 Å². The van der Waals surface area contributed by atoms with E-state index in [1.165, 1.54) is 12.7 Å². The van der Waals surface area contributed by atoms with Crippen LogP contribution in [0.25, 0.3) is 0 Å². The van der Waals surface area contributed by atoms with Gasteiger partial charge in [0.2, 0.25) is 5.79 Å². The van der Waals surface area contributed by atoms with E-state index in [4.69, 9.17) is 14.2 Å². The molecule has 1 spiro atoms. The zero-order chi connectivity index (χ0) is 14.9. The average molecular weight is 282 g/mol. The molecule has 2 heterocycles. The molecule has 1 unspecified atom stereocenters. The molecule has 0 aliphatic carbocycles. The van der Waals surface area contributed by atoms with Crippen molar-refractivity contribution in [1.82, 2.24) is 0 Å². The van der Waals surface area contributed by atoms with Crippen LogP contribution in [0, 0.1) is 17.8 Å². The van der Waals surface area contributed by atoms with Crippen LogP contribution in [0.5, 0.6) is 0 Å². The SMILES string of the molecule is COC(=O)[C@H](C)[C@H]1O[C@@]2(CCC(C)=CO2)C(C)C[C@@H]1C. The van der Waals surface area contributed by atoms with Crippen molar-refractivity contribution in [2.75, 3.05) is 7.11 Å². The minimum atomic E-state index is -0.570. The van der Waals surface area contributed by atoms with Crippen LogP contribution < -0.4 is 0 Å². The molecule has 0 N–H and O–H groups in total. The molecule has 1 saturated heterocycles. The second kappa shape index (κ2) is 5.76. The normalized spacial score (nSPS) is 38.9. The second-order valence-electron chi connectivity index (χ2n) is 6.40. The van der Waals surface area contributed by atoms with E-state index in [2.05, 4.69) is 20.8 Å². The van der Waals surface area contributed by atoms with Gasteiger partial charge in [0.05, 0.1) is 25.4 Å². The lowest BCUT2D eigenvalue weighted by molar-refractivity contribution is -0.308. The highest BCUT2D eigenvalue weighted by atomic mass is 16.7. The first kappa shape index (κ1) is 15.4. The van der Waals surface area contributed by atoms with Gasteiger partial charge >= 0.3 is 5.97 Å². The van der Waals surface area contributed by atoms with Gasteiger partial charge in [-0.05, 0) is 38.2 Å². The van der Waals surface area contributed by atoms with Gasteiger partial charge in [-0.2, -0.15) is 0 Å². The van der Waals surface area contributed by atoms with Crippen LogP contribution in [0.3, 0.4) is 0 Å². The number of carbonyl (C=O) groups excluding carboxylic acids is 1. The molecule has 2 rings (SSSR count). The summed E-state index contributed by atoms with van der Waals surface area (Å²) in [6, 6.07) is 0. The topological polar surface area (TPSA) is 44.8 Å². The van der Waals surface area contributed by atoms with Gasteiger partial charge in [-0.1, -0.05) is 13.8 Å². The molecule has 0 radical (unpaired) electrons. The fourth-order valence-electron chi connectivity index (χ4n) is 3.39. The Labute approximate surface area is 121 Å². The summed E-state index contributed by atoms with van der Waals surface area (Å²) < 4.78 is 17.1. The summed E-state index contributed by atoms with van der Waals surface area (Å²) in [6.07, 6.45) is 4.51. The molecule has 2 aliphatic heterocycles. The molecule has 5 atom stereocenters. The lowest BCUT2D eigenvalue weighted by atomic mass is 9.77. The number of allylic oxidation sites excluding steroid dienone is 1. The van der Waals surface area contributed by atoms with Gasteiger partial charge in [0.25, 0.3) is 0 Å². The highest BCUT2D eigenvalue weighted by Gasteiger charge is 2.50. The molecular weight excluding hydrogens is 256 g/mol. The van der Waals surface area contributed by atoms with Gasteiger partial charge in [-0.3, -0.25) is 4.79 Å². The van der Waals surface area contributed by atoms with Gasteiger partial charge in [-0.15, -0.1) is 0 Å². The Morgan fingerprint density at radius 2 is 2.20 bits per heavy atom. The maximum Gasteiger partial charge on any atom is 0.311 e. The van der Waals surface area contributed by atoms with Gasteiger partial charge < -0.3 is 14.2 Å². The van der Waals surface area contributed by atoms with E-state index in [0.717, 1.165) is 19.3 Å². The van der Waals surface area contributed by atoms with Gasteiger partial charge in [-0.25, -0.2) is 0 Å². The Morgan fingerprint density at radius 3 is 2.75 bits per heavy atom. The summed E-state index contributed by atoms with van der Waals surface area (Å²) in [5.41, 5.74) is 1.24. The first-order valence-corrected chi connectivity index (χ1v) is 7.48. The minimum Gasteiger partial charge on any atom is -0.470 e. The van der Waals surface area contributed by atoms with Crippen LogP contribution in [-0.4, -0.2) is 25.0 Å². The Balaban J connectivity index is 2.18. The first-order chi connectivity index (χ1) is 9.39. The molecule has 4 heteroatoms. The Bertz CT molecular complexity index is 403. The van der Waals surface area contributed by atoms with Crippen LogP contribution >= 0.6 is 0 Å². The second-order valence-corrected chi connectivity index (χ2v) is 6.40. The minimum absolute atomic E-state index is 0.148. The summed E-state index contributed by atoms with van der Waals surface area (Å²) in [4.78, 5) is 11.8. The van der Waals surface area contributed by atoms with Crippen molar-refractivity contribution in [3.05, 3.63) is 11.8 Å². The largest absolute Gasteiger partial charge is 0.470 e. The molecule has 0 aromatic heterocycles. The van der Waals surface area contributed by atoms with E-state index < -0.39 is 5.79 Å². The van der Waals surface area contributed by atoms with E-state index in [1.54, 1.807) is 0 Å². The number of rotatable bonds is 2. The summed E-state index contributed by atoms with van der Waals surface area (Å²) >= 11 is 0. The van der Waals surface area contributed by atoms with Crippen LogP contribution in [0.15, 0.2) is 11.8 Å². The molecule has 0 amide bonds. The number of esters is 1. The van der Waals surface area contributed by atoms with Crippen molar-refractivity contribution < 1.29 is 19.0 Å². The smallest absolute Gasteiger partial charge is 0.311 e. The lowest BCUT2D eigenvalue weighted by Gasteiger charge is -2.49. The average Bonchev–Trinajstić information content (AvgIpc) is 2.44. The third-order valence-electron chi connectivity index (χ3n) is 4.77. The van der Waals surface area contributed by atoms with Crippen molar-refractivity contribution in [2.24, 2.45) is 17.8 Å². The third-order valence-corrected chi connectivity index (χ3v) is 4.77.